The van der Waals surface area contributed by atoms with E-state index in [1.54, 1.807) is 0 Å². The van der Waals surface area contributed by atoms with Gasteiger partial charge in [-0.2, -0.15) is 5.10 Å². The molecule has 2 rings (SSSR count). The van der Waals surface area contributed by atoms with Crippen molar-refractivity contribution in [2.75, 3.05) is 13.2 Å². The van der Waals surface area contributed by atoms with Gasteiger partial charge in [-0.25, -0.2) is 8.78 Å². The summed E-state index contributed by atoms with van der Waals surface area (Å²) in [7, 11) is 0. The highest BCUT2D eigenvalue weighted by Crippen LogP contribution is 2.21. The van der Waals surface area contributed by atoms with Gasteiger partial charge < -0.3 is 10.1 Å². The molecule has 7 heteroatoms. The maximum Gasteiger partial charge on any atom is 0.275 e. The number of hydrogen-bond acceptors (Lipinski definition) is 3. The Morgan fingerprint density at radius 3 is 3.12 bits per heavy atom. The summed E-state index contributed by atoms with van der Waals surface area (Å²) >= 11 is 0. The topological polar surface area (TPSA) is 56.2 Å². The number of carbonyl (C=O) groups is 1. The van der Waals surface area contributed by atoms with Crippen molar-refractivity contribution in [3.8, 4) is 5.75 Å². The lowest BCUT2D eigenvalue weighted by Crippen LogP contribution is -2.26. The molecule has 1 aromatic rings. The number of alkyl halides is 2. The molecule has 0 saturated carbocycles. The first kappa shape index (κ1) is 10.8. The van der Waals surface area contributed by atoms with Crippen LogP contribution in [-0.2, 0) is 6.54 Å². The van der Waals surface area contributed by atoms with Gasteiger partial charge in [0.1, 0.15) is 13.2 Å². The Kier molecular flexibility index (Phi) is 2.53. The molecule has 0 aliphatic carbocycles. The summed E-state index contributed by atoms with van der Waals surface area (Å²) in [5.41, 5.74) is 0.0572. The number of fused-ring (bicyclic) bond motifs is 1. The molecule has 0 saturated heterocycles. The van der Waals surface area contributed by atoms with Gasteiger partial charge in [-0.05, 0) is 0 Å². The molecule has 5 nitrogen and oxygen atoms in total. The van der Waals surface area contributed by atoms with E-state index >= 15 is 0 Å². The molecule has 1 aromatic heterocycles. The van der Waals surface area contributed by atoms with E-state index in [-0.39, 0.29) is 11.4 Å². The number of carbonyl (C=O) groups excluding carboxylic acids is 1. The Labute approximate surface area is 90.4 Å². The van der Waals surface area contributed by atoms with E-state index in [9.17, 15) is 13.6 Å². The monoisotopic (exact) mass is 231 g/mol. The second-order valence-corrected chi connectivity index (χ2v) is 3.71. The van der Waals surface area contributed by atoms with Crippen LogP contribution < -0.4 is 10.1 Å². The molecule has 0 unspecified atom stereocenters. The van der Waals surface area contributed by atoms with Crippen LogP contribution in [0.25, 0.3) is 0 Å². The Balaban J connectivity index is 2.26. The minimum Gasteiger partial charge on any atom is -0.488 e. The minimum absolute atomic E-state index is 0.0572. The molecule has 88 valence electrons. The first-order valence-corrected chi connectivity index (χ1v) is 4.82. The first-order valence-electron chi connectivity index (χ1n) is 4.82. The van der Waals surface area contributed by atoms with Gasteiger partial charge in [0.15, 0.2) is 11.4 Å². The lowest BCUT2D eigenvalue weighted by molar-refractivity contribution is 0.000405. The molecule has 0 spiro atoms. The molecule has 1 amide bonds. The Bertz CT molecular complexity index is 411. The highest BCUT2D eigenvalue weighted by molar-refractivity contribution is 5.95. The third-order valence-corrected chi connectivity index (χ3v) is 2.03. The third kappa shape index (κ3) is 2.29. The van der Waals surface area contributed by atoms with Gasteiger partial charge in [0.05, 0.1) is 12.7 Å². The highest BCUT2D eigenvalue weighted by Gasteiger charge is 2.26. The fourth-order valence-electron chi connectivity index (χ4n) is 1.44. The van der Waals surface area contributed by atoms with Gasteiger partial charge in [0, 0.05) is 6.92 Å². The van der Waals surface area contributed by atoms with E-state index in [4.69, 9.17) is 4.74 Å². The zero-order valence-corrected chi connectivity index (χ0v) is 8.67. The Morgan fingerprint density at radius 1 is 1.69 bits per heavy atom. The standard InChI is InChI=1S/C9H11F2N3O2/c1-9(10,11)5-14-4-6-7(13-14)8(15)12-2-3-16-6/h4H,2-3,5H2,1H3,(H,12,15). The fourth-order valence-corrected chi connectivity index (χ4v) is 1.44. The number of amides is 1. The zero-order valence-electron chi connectivity index (χ0n) is 8.67. The summed E-state index contributed by atoms with van der Waals surface area (Å²) in [6.45, 7) is 0.920. The summed E-state index contributed by atoms with van der Waals surface area (Å²) in [5.74, 6) is -3.02. The van der Waals surface area contributed by atoms with Crippen LogP contribution in [0.5, 0.6) is 5.75 Å². The minimum atomic E-state index is -2.87. The van der Waals surface area contributed by atoms with E-state index in [2.05, 4.69) is 10.4 Å². The fraction of sp³-hybridized carbons (Fsp3) is 0.556. The normalized spacial score (nSPS) is 16.1. The average Bonchev–Trinajstić information content (AvgIpc) is 2.45. The molecule has 1 N–H and O–H groups in total. The maximum absolute atomic E-state index is 12.7. The summed E-state index contributed by atoms with van der Waals surface area (Å²) in [6.07, 6.45) is 1.32. The van der Waals surface area contributed by atoms with Gasteiger partial charge in [-0.3, -0.25) is 9.48 Å². The smallest absolute Gasteiger partial charge is 0.275 e. The van der Waals surface area contributed by atoms with E-state index in [0.29, 0.717) is 13.2 Å². The highest BCUT2D eigenvalue weighted by atomic mass is 19.3. The van der Waals surface area contributed by atoms with Crippen molar-refractivity contribution in [3.63, 3.8) is 0 Å². The van der Waals surface area contributed by atoms with Crippen LogP contribution in [0.3, 0.4) is 0 Å². The third-order valence-electron chi connectivity index (χ3n) is 2.03. The SMILES string of the molecule is CC(F)(F)Cn1cc2c(n1)C(=O)NCCO2. The Hall–Kier alpha value is -1.66. The quantitative estimate of drug-likeness (QED) is 0.813. The van der Waals surface area contributed by atoms with Gasteiger partial charge in [0.25, 0.3) is 11.8 Å². The number of rotatable bonds is 2. The van der Waals surface area contributed by atoms with E-state index in [0.717, 1.165) is 11.6 Å². The molecule has 1 aliphatic rings. The molecule has 0 bridgehead atoms. The maximum atomic E-state index is 12.7. The predicted octanol–water partition coefficient (Wildman–Crippen LogP) is 0.661. The number of ether oxygens (including phenoxy) is 1. The Morgan fingerprint density at radius 2 is 2.44 bits per heavy atom. The second-order valence-electron chi connectivity index (χ2n) is 3.71. The molecule has 2 heterocycles. The van der Waals surface area contributed by atoms with Crippen molar-refractivity contribution in [3.05, 3.63) is 11.9 Å². The molecule has 16 heavy (non-hydrogen) atoms. The van der Waals surface area contributed by atoms with Gasteiger partial charge in [-0.15, -0.1) is 0 Å². The van der Waals surface area contributed by atoms with Crippen LogP contribution in [0.15, 0.2) is 6.20 Å². The van der Waals surface area contributed by atoms with Gasteiger partial charge in [-0.1, -0.05) is 0 Å². The van der Waals surface area contributed by atoms with Crippen LogP contribution in [-0.4, -0.2) is 34.8 Å². The van der Waals surface area contributed by atoms with Crippen molar-refractivity contribution in [1.82, 2.24) is 15.1 Å². The molecular formula is C9H11F2N3O2. The lowest BCUT2D eigenvalue weighted by atomic mass is 10.4. The van der Waals surface area contributed by atoms with Gasteiger partial charge in [0.2, 0.25) is 0 Å². The molecular weight excluding hydrogens is 220 g/mol. The number of aromatic nitrogens is 2. The van der Waals surface area contributed by atoms with E-state index in [1.807, 2.05) is 0 Å². The van der Waals surface area contributed by atoms with E-state index in [1.165, 1.54) is 6.20 Å². The van der Waals surface area contributed by atoms with Crippen molar-refractivity contribution in [1.29, 1.82) is 0 Å². The first-order chi connectivity index (χ1) is 7.46. The van der Waals surface area contributed by atoms with Crippen LogP contribution in [0, 0.1) is 0 Å². The predicted molar refractivity (Wildman–Crippen MR) is 50.7 cm³/mol. The molecule has 0 radical (unpaired) electrons. The number of nitrogens with one attached hydrogen (secondary N) is 1. The summed E-state index contributed by atoms with van der Waals surface area (Å²) in [5, 5.41) is 6.33. The van der Waals surface area contributed by atoms with Crippen molar-refractivity contribution in [2.24, 2.45) is 0 Å². The molecule has 0 fully saturated rings. The van der Waals surface area contributed by atoms with Crippen molar-refractivity contribution >= 4 is 5.91 Å². The van der Waals surface area contributed by atoms with Crippen LogP contribution in [0.4, 0.5) is 8.78 Å². The molecule has 0 aromatic carbocycles. The summed E-state index contributed by atoms with van der Waals surface area (Å²) in [4.78, 5) is 11.4. The average molecular weight is 231 g/mol. The second kappa shape index (κ2) is 3.73. The van der Waals surface area contributed by atoms with E-state index < -0.39 is 18.4 Å². The summed E-state index contributed by atoms with van der Waals surface area (Å²) in [6, 6.07) is 0. The molecule has 0 atom stereocenters. The van der Waals surface area contributed by atoms with Crippen LogP contribution in [0.1, 0.15) is 17.4 Å². The molecule has 1 aliphatic heterocycles. The van der Waals surface area contributed by atoms with Gasteiger partial charge >= 0.3 is 0 Å². The van der Waals surface area contributed by atoms with Crippen LogP contribution in [0.2, 0.25) is 0 Å². The lowest BCUT2D eigenvalue weighted by Gasteiger charge is -2.09. The number of hydrogen-bond donors (Lipinski definition) is 1. The number of halogens is 2. The van der Waals surface area contributed by atoms with Crippen molar-refractivity contribution < 1.29 is 18.3 Å². The largest absolute Gasteiger partial charge is 0.488 e. The zero-order chi connectivity index (χ0) is 11.8. The van der Waals surface area contributed by atoms with Crippen LogP contribution >= 0.6 is 0 Å². The van der Waals surface area contributed by atoms with Crippen molar-refractivity contribution in [2.45, 2.75) is 19.4 Å². The summed E-state index contributed by atoms with van der Waals surface area (Å²) < 4.78 is 31.7. The number of nitrogens with zero attached hydrogens (tertiary/aromatic N) is 2.